The van der Waals surface area contributed by atoms with E-state index < -0.39 is 0 Å². The lowest BCUT2D eigenvalue weighted by molar-refractivity contribution is 0.0652. The molecule has 0 radical (unpaired) electrons. The maximum atomic E-state index is 12.5. The predicted octanol–water partition coefficient (Wildman–Crippen LogP) is 3.32. The van der Waals surface area contributed by atoms with Gasteiger partial charge < -0.3 is 0 Å². The SMILES string of the molecule is CCCCN1C(=O)c2c(C)c(C)c(C)c(C)c2C1=O. The monoisotopic (exact) mass is 259 g/mol. The second-order valence-corrected chi connectivity index (χ2v) is 5.37. The lowest BCUT2D eigenvalue weighted by atomic mass is 9.90. The van der Waals surface area contributed by atoms with Gasteiger partial charge in [0.1, 0.15) is 0 Å². The summed E-state index contributed by atoms with van der Waals surface area (Å²) in [5.41, 5.74) is 5.40. The van der Waals surface area contributed by atoms with E-state index in [4.69, 9.17) is 0 Å². The van der Waals surface area contributed by atoms with Gasteiger partial charge in [-0.2, -0.15) is 0 Å². The molecule has 0 aliphatic carbocycles. The van der Waals surface area contributed by atoms with Gasteiger partial charge in [0.25, 0.3) is 11.8 Å². The van der Waals surface area contributed by atoms with E-state index in [-0.39, 0.29) is 11.8 Å². The van der Waals surface area contributed by atoms with Gasteiger partial charge in [0.05, 0.1) is 11.1 Å². The minimum absolute atomic E-state index is 0.114. The van der Waals surface area contributed by atoms with Crippen LogP contribution in [0.25, 0.3) is 0 Å². The zero-order valence-electron chi connectivity index (χ0n) is 12.4. The summed E-state index contributed by atoms with van der Waals surface area (Å²) >= 11 is 0. The van der Waals surface area contributed by atoms with Crippen LogP contribution in [0.2, 0.25) is 0 Å². The summed E-state index contributed by atoms with van der Waals surface area (Å²) in [6.07, 6.45) is 1.84. The van der Waals surface area contributed by atoms with Crippen molar-refractivity contribution in [2.24, 2.45) is 0 Å². The van der Waals surface area contributed by atoms with Crippen LogP contribution in [0.15, 0.2) is 0 Å². The van der Waals surface area contributed by atoms with Gasteiger partial charge >= 0.3 is 0 Å². The first kappa shape index (κ1) is 13.8. The molecule has 0 spiro atoms. The Kier molecular flexibility index (Phi) is 3.48. The van der Waals surface area contributed by atoms with E-state index in [1.807, 2.05) is 27.7 Å². The predicted molar refractivity (Wildman–Crippen MR) is 75.7 cm³/mol. The van der Waals surface area contributed by atoms with Crippen molar-refractivity contribution >= 4 is 11.8 Å². The standard InChI is InChI=1S/C16H21NO2/c1-6-7-8-17-15(18)13-11(4)9(2)10(3)12(5)14(13)16(17)19/h6-8H2,1-5H3. The van der Waals surface area contributed by atoms with Crippen LogP contribution in [0, 0.1) is 27.7 Å². The van der Waals surface area contributed by atoms with Crippen LogP contribution in [-0.2, 0) is 0 Å². The molecule has 1 aromatic carbocycles. The summed E-state index contributed by atoms with van der Waals surface area (Å²) in [5, 5.41) is 0. The lowest BCUT2D eigenvalue weighted by Crippen LogP contribution is -2.30. The summed E-state index contributed by atoms with van der Waals surface area (Å²) in [5.74, 6) is -0.227. The van der Waals surface area contributed by atoms with Gasteiger partial charge in [-0.05, 0) is 56.4 Å². The highest BCUT2D eigenvalue weighted by molar-refractivity contribution is 6.23. The molecular weight excluding hydrogens is 238 g/mol. The van der Waals surface area contributed by atoms with Crippen molar-refractivity contribution in [1.29, 1.82) is 0 Å². The number of hydrogen-bond donors (Lipinski definition) is 0. The van der Waals surface area contributed by atoms with Crippen molar-refractivity contribution in [1.82, 2.24) is 4.90 Å². The molecule has 0 atom stereocenters. The number of fused-ring (bicyclic) bond motifs is 1. The first-order valence-corrected chi connectivity index (χ1v) is 6.88. The number of benzene rings is 1. The van der Waals surface area contributed by atoms with Crippen molar-refractivity contribution < 1.29 is 9.59 Å². The van der Waals surface area contributed by atoms with Gasteiger partial charge in [0, 0.05) is 6.54 Å². The second-order valence-electron chi connectivity index (χ2n) is 5.37. The van der Waals surface area contributed by atoms with Crippen molar-refractivity contribution in [3.05, 3.63) is 33.4 Å². The van der Waals surface area contributed by atoms with E-state index in [2.05, 4.69) is 6.92 Å². The molecule has 0 bridgehead atoms. The van der Waals surface area contributed by atoms with Gasteiger partial charge in [0.15, 0.2) is 0 Å². The van der Waals surface area contributed by atoms with Crippen molar-refractivity contribution in [2.75, 3.05) is 6.54 Å². The Morgan fingerprint density at radius 2 is 1.21 bits per heavy atom. The molecule has 2 amide bonds. The van der Waals surface area contributed by atoms with Gasteiger partial charge in [-0.25, -0.2) is 0 Å². The van der Waals surface area contributed by atoms with Crippen LogP contribution in [0.3, 0.4) is 0 Å². The molecule has 3 heteroatoms. The number of amides is 2. The molecule has 0 unspecified atom stereocenters. The third kappa shape index (κ3) is 1.88. The topological polar surface area (TPSA) is 37.4 Å². The number of hydrogen-bond acceptors (Lipinski definition) is 2. The van der Waals surface area contributed by atoms with E-state index in [0.717, 1.165) is 35.1 Å². The molecule has 0 aromatic heterocycles. The minimum Gasteiger partial charge on any atom is -0.274 e. The molecule has 3 nitrogen and oxygen atoms in total. The molecule has 19 heavy (non-hydrogen) atoms. The maximum Gasteiger partial charge on any atom is 0.261 e. The van der Waals surface area contributed by atoms with Crippen molar-refractivity contribution in [3.63, 3.8) is 0 Å². The normalized spacial score (nSPS) is 14.3. The smallest absolute Gasteiger partial charge is 0.261 e. The number of nitrogens with zero attached hydrogens (tertiary/aromatic N) is 1. The van der Waals surface area contributed by atoms with E-state index in [0.29, 0.717) is 17.7 Å². The van der Waals surface area contributed by atoms with Crippen LogP contribution in [0.4, 0.5) is 0 Å². The van der Waals surface area contributed by atoms with Crippen LogP contribution in [0.5, 0.6) is 0 Å². The fourth-order valence-corrected chi connectivity index (χ4v) is 2.73. The first-order valence-electron chi connectivity index (χ1n) is 6.88. The molecule has 1 aliphatic heterocycles. The Hall–Kier alpha value is -1.64. The average Bonchev–Trinajstić information content (AvgIpc) is 2.63. The Bertz CT molecular complexity index is 526. The number of unbranched alkanes of at least 4 members (excludes halogenated alkanes) is 1. The van der Waals surface area contributed by atoms with Crippen molar-refractivity contribution in [2.45, 2.75) is 47.5 Å². The molecule has 2 rings (SSSR count). The van der Waals surface area contributed by atoms with E-state index in [9.17, 15) is 9.59 Å². The van der Waals surface area contributed by atoms with Crippen molar-refractivity contribution in [3.8, 4) is 0 Å². The Morgan fingerprint density at radius 3 is 1.58 bits per heavy atom. The second kappa shape index (κ2) is 4.80. The van der Waals surface area contributed by atoms with Crippen LogP contribution >= 0.6 is 0 Å². The molecule has 102 valence electrons. The summed E-state index contributed by atoms with van der Waals surface area (Å²) in [6, 6.07) is 0. The fraction of sp³-hybridized carbons (Fsp3) is 0.500. The summed E-state index contributed by atoms with van der Waals surface area (Å²) in [7, 11) is 0. The van der Waals surface area contributed by atoms with Gasteiger partial charge in [-0.3, -0.25) is 14.5 Å². The first-order chi connectivity index (χ1) is 8.91. The molecule has 1 heterocycles. The van der Waals surface area contributed by atoms with Crippen LogP contribution in [0.1, 0.15) is 62.7 Å². The van der Waals surface area contributed by atoms with Gasteiger partial charge in [-0.15, -0.1) is 0 Å². The maximum absolute atomic E-state index is 12.5. The highest BCUT2D eigenvalue weighted by atomic mass is 16.2. The number of carbonyl (C=O) groups excluding carboxylic acids is 2. The highest BCUT2D eigenvalue weighted by Crippen LogP contribution is 2.33. The minimum atomic E-state index is -0.114. The molecule has 0 N–H and O–H groups in total. The number of carbonyl (C=O) groups is 2. The van der Waals surface area contributed by atoms with Gasteiger partial charge in [0.2, 0.25) is 0 Å². The molecular formula is C16H21NO2. The summed E-state index contributed by atoms with van der Waals surface area (Å²) < 4.78 is 0. The summed E-state index contributed by atoms with van der Waals surface area (Å²) in [6.45, 7) is 10.5. The third-order valence-electron chi connectivity index (χ3n) is 4.34. The molecule has 1 aromatic rings. The molecule has 0 fully saturated rings. The molecule has 0 saturated carbocycles. The largest absolute Gasteiger partial charge is 0.274 e. The number of rotatable bonds is 3. The highest BCUT2D eigenvalue weighted by Gasteiger charge is 2.38. The third-order valence-corrected chi connectivity index (χ3v) is 4.34. The van der Waals surface area contributed by atoms with Gasteiger partial charge in [-0.1, -0.05) is 13.3 Å². The fourth-order valence-electron chi connectivity index (χ4n) is 2.73. The summed E-state index contributed by atoms with van der Waals surface area (Å²) in [4.78, 5) is 26.3. The van der Waals surface area contributed by atoms with E-state index >= 15 is 0 Å². The molecule has 0 saturated heterocycles. The zero-order chi connectivity index (χ0) is 14.3. The average molecular weight is 259 g/mol. The zero-order valence-corrected chi connectivity index (χ0v) is 12.4. The van der Waals surface area contributed by atoms with E-state index in [1.54, 1.807) is 0 Å². The Balaban J connectivity index is 2.59. The lowest BCUT2D eigenvalue weighted by Gasteiger charge is -2.12. The Labute approximate surface area is 114 Å². The molecule has 1 aliphatic rings. The Morgan fingerprint density at radius 1 is 0.789 bits per heavy atom. The van der Waals surface area contributed by atoms with Crippen LogP contribution in [-0.4, -0.2) is 23.3 Å². The van der Waals surface area contributed by atoms with Crippen LogP contribution < -0.4 is 0 Å². The number of imide groups is 1. The quantitative estimate of drug-likeness (QED) is 0.781. The van der Waals surface area contributed by atoms with E-state index in [1.165, 1.54) is 4.90 Å².